The molecular weight excluding hydrogens is 669 g/mol. The summed E-state index contributed by atoms with van der Waals surface area (Å²) in [6, 6.07) is 6.62. The minimum atomic E-state index is -4.23. The van der Waals surface area contributed by atoms with Crippen molar-refractivity contribution in [2.24, 2.45) is 5.92 Å². The second-order valence-corrected chi connectivity index (χ2v) is 13.3. The molecule has 7 heterocycles. The fourth-order valence-electron chi connectivity index (χ4n) is 7.04. The first-order valence-electron chi connectivity index (χ1n) is 15.9. The van der Waals surface area contributed by atoms with E-state index in [1.165, 1.54) is 29.1 Å². The molecule has 1 aromatic carbocycles. The van der Waals surface area contributed by atoms with Gasteiger partial charge in [0.1, 0.15) is 28.9 Å². The molecule has 2 amide bonds. The standard InChI is InChI=1S/C33H32ClF3N6O6/c1-17-15-42-11-9-32(17,35)21-12-18(34)14-38-28(21)48-19-13-22(29(45)46)43(16-19)27-26-25(20-6-3-4-7-23(20)49-26)39-30(40-27)33(36,37)31(47)41(2)10-5-8-24(42)44/h3-4,6-7,12,14,17,19,22H,5,8-11,13,15-16H2,1-2H3,(H,45,46)/t17-,19-,22-,32+/m0/s1. The van der Waals surface area contributed by atoms with Gasteiger partial charge in [0.2, 0.25) is 17.6 Å². The molecule has 0 saturated carbocycles. The number of benzene rings is 1. The molecule has 0 aliphatic carbocycles. The van der Waals surface area contributed by atoms with Crippen LogP contribution in [-0.4, -0.2) is 93.0 Å². The van der Waals surface area contributed by atoms with E-state index >= 15 is 13.2 Å². The SMILES string of the molecule is C[C@H]1CN2CC[C@]1(F)c1cc(Cl)cnc1O[C@H]1C[C@@H](C(=O)O)N(C1)c1nc(nc3c1oc1ccccc13)C(F)(F)C(=O)N(C)CCCC2=O. The van der Waals surface area contributed by atoms with E-state index in [0.717, 1.165) is 4.90 Å². The van der Waals surface area contributed by atoms with E-state index in [1.54, 1.807) is 31.2 Å². The number of alkyl halides is 3. The third-order valence-corrected chi connectivity index (χ3v) is 9.93. The summed E-state index contributed by atoms with van der Waals surface area (Å²) in [5.74, 6) is -9.64. The van der Waals surface area contributed by atoms with Crippen LogP contribution in [0.1, 0.15) is 44.0 Å². The molecule has 4 atom stereocenters. The van der Waals surface area contributed by atoms with Crippen LogP contribution in [-0.2, 0) is 26.0 Å². The van der Waals surface area contributed by atoms with Gasteiger partial charge < -0.3 is 29.0 Å². The number of carbonyl (C=O) groups excluding carboxylic acids is 2. The lowest BCUT2D eigenvalue weighted by atomic mass is 9.78. The van der Waals surface area contributed by atoms with Crippen LogP contribution in [0.2, 0.25) is 5.02 Å². The number of fused-ring (bicyclic) bond motifs is 11. The monoisotopic (exact) mass is 700 g/mol. The molecule has 4 aromatic rings. The molecule has 49 heavy (non-hydrogen) atoms. The number of anilines is 1. The molecule has 6 bridgehead atoms. The number of hydrogen-bond acceptors (Lipinski definition) is 9. The minimum Gasteiger partial charge on any atom is -0.480 e. The maximum absolute atomic E-state index is 17.0. The summed E-state index contributed by atoms with van der Waals surface area (Å²) in [6.45, 7) is 1.42. The number of piperidine rings is 1. The van der Waals surface area contributed by atoms with Gasteiger partial charge >= 0.3 is 17.8 Å². The Kier molecular flexibility index (Phi) is 8.07. The van der Waals surface area contributed by atoms with Gasteiger partial charge in [0.15, 0.2) is 11.4 Å². The quantitative estimate of drug-likeness (QED) is 0.291. The van der Waals surface area contributed by atoms with Gasteiger partial charge in [-0.1, -0.05) is 30.7 Å². The molecule has 4 aliphatic rings. The van der Waals surface area contributed by atoms with Crippen LogP contribution in [0.4, 0.5) is 19.0 Å². The van der Waals surface area contributed by atoms with Gasteiger partial charge in [0.25, 0.3) is 0 Å². The zero-order valence-electron chi connectivity index (χ0n) is 26.5. The molecule has 0 radical (unpaired) electrons. The number of furan rings is 1. The van der Waals surface area contributed by atoms with Gasteiger partial charge in [0, 0.05) is 63.4 Å². The van der Waals surface area contributed by atoms with Crippen LogP contribution >= 0.6 is 11.6 Å². The molecule has 0 unspecified atom stereocenters. The molecule has 12 nitrogen and oxygen atoms in total. The largest absolute Gasteiger partial charge is 0.480 e. The summed E-state index contributed by atoms with van der Waals surface area (Å²) in [5.41, 5.74) is -1.72. The smallest absolute Gasteiger partial charge is 0.383 e. The lowest BCUT2D eigenvalue weighted by Crippen LogP contribution is -2.49. The number of nitrogens with zero attached hydrogens (tertiary/aromatic N) is 6. The van der Waals surface area contributed by atoms with Crippen molar-refractivity contribution in [3.05, 3.63) is 52.9 Å². The van der Waals surface area contributed by atoms with Crippen molar-refractivity contribution in [3.8, 4) is 5.88 Å². The molecule has 2 fully saturated rings. The highest BCUT2D eigenvalue weighted by Gasteiger charge is 2.50. The van der Waals surface area contributed by atoms with Crippen molar-refractivity contribution in [3.63, 3.8) is 0 Å². The van der Waals surface area contributed by atoms with Gasteiger partial charge in [-0.2, -0.15) is 8.78 Å². The zero-order chi connectivity index (χ0) is 34.8. The minimum absolute atomic E-state index is 0.0351. The Morgan fingerprint density at radius 3 is 2.65 bits per heavy atom. The van der Waals surface area contributed by atoms with Gasteiger partial charge in [-0.25, -0.2) is 24.1 Å². The third kappa shape index (κ3) is 5.57. The zero-order valence-corrected chi connectivity index (χ0v) is 27.3. The lowest BCUT2D eigenvalue weighted by Gasteiger charge is -2.42. The molecular formula is C33H32ClF3N6O6. The molecule has 8 rings (SSSR count). The first-order valence-corrected chi connectivity index (χ1v) is 16.3. The Morgan fingerprint density at radius 1 is 1.12 bits per heavy atom. The maximum Gasteiger partial charge on any atom is 0.383 e. The van der Waals surface area contributed by atoms with Crippen LogP contribution in [0.5, 0.6) is 5.88 Å². The van der Waals surface area contributed by atoms with E-state index in [-0.39, 0.29) is 96.7 Å². The van der Waals surface area contributed by atoms with Gasteiger partial charge in [-0.05, 0) is 24.6 Å². The van der Waals surface area contributed by atoms with E-state index in [0.29, 0.717) is 5.39 Å². The van der Waals surface area contributed by atoms with Crippen LogP contribution in [0.3, 0.4) is 0 Å². The first kappa shape index (κ1) is 32.9. The number of aromatic nitrogens is 3. The van der Waals surface area contributed by atoms with Crippen LogP contribution in [0.15, 0.2) is 40.9 Å². The number of para-hydroxylation sites is 1. The number of carboxylic acids is 1. The fourth-order valence-corrected chi connectivity index (χ4v) is 7.20. The Balaban J connectivity index is 1.38. The lowest BCUT2D eigenvalue weighted by molar-refractivity contribution is -0.159. The average molecular weight is 701 g/mol. The van der Waals surface area contributed by atoms with E-state index in [2.05, 4.69) is 15.0 Å². The molecule has 0 spiro atoms. The summed E-state index contributed by atoms with van der Waals surface area (Å²) in [5, 5.41) is 10.8. The molecule has 4 aliphatic heterocycles. The highest BCUT2D eigenvalue weighted by Crippen LogP contribution is 2.46. The first-order chi connectivity index (χ1) is 23.3. The van der Waals surface area contributed by atoms with Crippen LogP contribution in [0, 0.1) is 5.92 Å². The number of carbonyl (C=O) groups is 3. The average Bonchev–Trinajstić information content (AvgIpc) is 3.67. The number of halogens is 4. The van der Waals surface area contributed by atoms with E-state index in [4.69, 9.17) is 20.8 Å². The van der Waals surface area contributed by atoms with Crippen molar-refractivity contribution < 1.29 is 41.8 Å². The summed E-state index contributed by atoms with van der Waals surface area (Å²) >= 11 is 6.29. The van der Waals surface area contributed by atoms with Gasteiger partial charge in [0.05, 0.1) is 17.1 Å². The highest BCUT2D eigenvalue weighted by molar-refractivity contribution is 6.30. The molecule has 2 saturated heterocycles. The van der Waals surface area contributed by atoms with Crippen molar-refractivity contribution in [1.82, 2.24) is 24.8 Å². The summed E-state index contributed by atoms with van der Waals surface area (Å²) in [6.07, 6.45) is 0.138. The summed E-state index contributed by atoms with van der Waals surface area (Å²) < 4.78 is 61.4. The topological polar surface area (TPSA) is 142 Å². The van der Waals surface area contributed by atoms with E-state index < -0.39 is 47.4 Å². The van der Waals surface area contributed by atoms with Crippen LogP contribution in [0.25, 0.3) is 22.1 Å². The number of likely N-dealkylation sites (N-methyl/N-ethyl adjacent to an activating group) is 1. The van der Waals surface area contributed by atoms with Crippen molar-refractivity contribution in [2.45, 2.75) is 56.3 Å². The molecule has 16 heteroatoms. The number of aliphatic carboxylic acids is 1. The molecule has 3 aromatic heterocycles. The number of ether oxygens (including phenoxy) is 1. The predicted octanol–water partition coefficient (Wildman–Crippen LogP) is 4.91. The fraction of sp³-hybridized carbons (Fsp3) is 0.455. The highest BCUT2D eigenvalue weighted by atomic mass is 35.5. The van der Waals surface area contributed by atoms with Crippen molar-refractivity contribution in [2.75, 3.05) is 38.1 Å². The Labute approximate surface area is 282 Å². The van der Waals surface area contributed by atoms with Crippen molar-refractivity contribution in [1.29, 1.82) is 0 Å². The van der Waals surface area contributed by atoms with Gasteiger partial charge in [-0.15, -0.1) is 0 Å². The van der Waals surface area contributed by atoms with Crippen molar-refractivity contribution >= 4 is 57.3 Å². The number of pyridine rings is 1. The number of hydrogen-bond donors (Lipinski definition) is 1. The number of rotatable bonds is 1. The summed E-state index contributed by atoms with van der Waals surface area (Å²) in [7, 11) is 1.19. The third-order valence-electron chi connectivity index (χ3n) is 9.72. The molecule has 1 N–H and O–H groups in total. The van der Waals surface area contributed by atoms with Crippen LogP contribution < -0.4 is 9.64 Å². The maximum atomic E-state index is 17.0. The van der Waals surface area contributed by atoms with E-state index in [9.17, 15) is 19.5 Å². The Hall–Kier alpha value is -4.66. The number of amides is 2. The van der Waals surface area contributed by atoms with Gasteiger partial charge in [-0.3, -0.25) is 9.59 Å². The molecule has 258 valence electrons. The predicted molar refractivity (Wildman–Crippen MR) is 170 cm³/mol. The Bertz CT molecular complexity index is 2000. The second kappa shape index (κ2) is 12.0. The second-order valence-electron chi connectivity index (χ2n) is 12.9. The van der Waals surface area contributed by atoms with E-state index in [1.807, 2.05) is 0 Å². The normalized spacial score (nSPS) is 26.2. The number of carboxylic acid groups (broad SMARTS) is 1. The Morgan fingerprint density at radius 2 is 1.90 bits per heavy atom. The summed E-state index contributed by atoms with van der Waals surface area (Å²) in [4.78, 5) is 55.1.